The first-order valence-corrected chi connectivity index (χ1v) is 12.2. The zero-order valence-electron chi connectivity index (χ0n) is 19.2. The number of pyridine rings is 1. The minimum Gasteiger partial charge on any atom is -0.368 e. The molecule has 0 radical (unpaired) electrons. The molecule has 4 aromatic rings. The third-order valence-corrected chi connectivity index (χ3v) is 7.11. The first-order chi connectivity index (χ1) is 15.5. The first kappa shape index (κ1) is 21.0. The SMILES string of the molecule is CCc1nc2c(C)cc(N3CCNCC3)cn2c1N(C)c1nc(-c2ccc(C)cc2)cs1. The molecule has 0 spiro atoms. The van der Waals surface area contributed by atoms with Crippen LogP contribution in [0.2, 0.25) is 0 Å². The Balaban J connectivity index is 1.56. The highest BCUT2D eigenvalue weighted by atomic mass is 32.1. The molecule has 7 heteroatoms. The van der Waals surface area contributed by atoms with Crippen LogP contribution in [0.4, 0.5) is 16.6 Å². The van der Waals surface area contributed by atoms with Crippen LogP contribution >= 0.6 is 11.3 Å². The van der Waals surface area contributed by atoms with Gasteiger partial charge in [0.25, 0.3) is 0 Å². The second kappa shape index (κ2) is 8.56. The number of imidazole rings is 1. The van der Waals surface area contributed by atoms with Crippen LogP contribution in [0.3, 0.4) is 0 Å². The fraction of sp³-hybridized carbons (Fsp3) is 0.360. The highest BCUT2D eigenvalue weighted by Crippen LogP contribution is 2.35. The highest BCUT2D eigenvalue weighted by molar-refractivity contribution is 7.14. The number of aryl methyl sites for hydroxylation is 3. The van der Waals surface area contributed by atoms with Crippen LogP contribution in [0.15, 0.2) is 41.9 Å². The third kappa shape index (κ3) is 3.76. The molecule has 1 aromatic carbocycles. The van der Waals surface area contributed by atoms with Crippen molar-refractivity contribution in [2.45, 2.75) is 27.2 Å². The van der Waals surface area contributed by atoms with Crippen molar-refractivity contribution in [2.75, 3.05) is 43.0 Å². The summed E-state index contributed by atoms with van der Waals surface area (Å²) in [7, 11) is 2.10. The van der Waals surface area contributed by atoms with Crippen molar-refractivity contribution in [3.05, 3.63) is 58.7 Å². The maximum atomic E-state index is 5.01. The van der Waals surface area contributed by atoms with Crippen molar-refractivity contribution in [2.24, 2.45) is 0 Å². The topological polar surface area (TPSA) is 48.7 Å². The van der Waals surface area contributed by atoms with Gasteiger partial charge in [-0.2, -0.15) is 0 Å². The quantitative estimate of drug-likeness (QED) is 0.477. The van der Waals surface area contributed by atoms with Gasteiger partial charge in [0, 0.05) is 50.4 Å². The van der Waals surface area contributed by atoms with E-state index in [0.29, 0.717) is 0 Å². The molecule has 1 fully saturated rings. The highest BCUT2D eigenvalue weighted by Gasteiger charge is 2.21. The Hall–Kier alpha value is -2.90. The van der Waals surface area contributed by atoms with Gasteiger partial charge in [0.15, 0.2) is 5.13 Å². The molecule has 0 unspecified atom stereocenters. The number of piperazine rings is 1. The lowest BCUT2D eigenvalue weighted by Gasteiger charge is -2.30. The summed E-state index contributed by atoms with van der Waals surface area (Å²) in [5.74, 6) is 1.10. The number of thiazole rings is 1. The average molecular weight is 447 g/mol. The summed E-state index contributed by atoms with van der Waals surface area (Å²) >= 11 is 1.67. The van der Waals surface area contributed by atoms with Crippen LogP contribution in [0, 0.1) is 13.8 Å². The standard InChI is InChI=1S/C25H30N6S/c1-5-21-24(29(4)25-28-22(16-32-25)19-8-6-17(2)7-9-19)31-15-20(14-18(3)23(31)27-21)30-12-10-26-11-13-30/h6-9,14-16,26H,5,10-13H2,1-4H3. The Labute approximate surface area is 193 Å². The molecule has 0 atom stereocenters. The van der Waals surface area contributed by atoms with Gasteiger partial charge in [0.1, 0.15) is 11.5 Å². The molecule has 1 aliphatic heterocycles. The van der Waals surface area contributed by atoms with Crippen LogP contribution in [0.25, 0.3) is 16.9 Å². The molecule has 3 aromatic heterocycles. The van der Waals surface area contributed by atoms with Crippen LogP contribution in [-0.2, 0) is 6.42 Å². The fourth-order valence-corrected chi connectivity index (χ4v) is 5.18. The number of hydrogen-bond acceptors (Lipinski definition) is 6. The number of nitrogens with zero attached hydrogens (tertiary/aromatic N) is 5. The van der Waals surface area contributed by atoms with Crippen molar-refractivity contribution >= 4 is 33.6 Å². The fourth-order valence-electron chi connectivity index (χ4n) is 4.38. The van der Waals surface area contributed by atoms with E-state index >= 15 is 0 Å². The Kier molecular flexibility index (Phi) is 5.61. The van der Waals surface area contributed by atoms with Crippen LogP contribution in [0.1, 0.15) is 23.7 Å². The molecule has 1 saturated heterocycles. The van der Waals surface area contributed by atoms with Gasteiger partial charge in [-0.3, -0.25) is 4.40 Å². The van der Waals surface area contributed by atoms with Crippen molar-refractivity contribution in [1.82, 2.24) is 19.7 Å². The summed E-state index contributed by atoms with van der Waals surface area (Å²) in [6.07, 6.45) is 3.13. The Morgan fingerprint density at radius 2 is 1.84 bits per heavy atom. The van der Waals surface area contributed by atoms with Crippen molar-refractivity contribution < 1.29 is 0 Å². The smallest absolute Gasteiger partial charge is 0.191 e. The average Bonchev–Trinajstić information content (AvgIpc) is 3.45. The minimum atomic E-state index is 0.875. The van der Waals surface area contributed by atoms with Gasteiger partial charge < -0.3 is 15.1 Å². The molecule has 166 valence electrons. The lowest BCUT2D eigenvalue weighted by Crippen LogP contribution is -2.43. The molecule has 32 heavy (non-hydrogen) atoms. The number of fused-ring (bicyclic) bond motifs is 1. The summed E-state index contributed by atoms with van der Waals surface area (Å²) in [5.41, 5.74) is 8.01. The summed E-state index contributed by atoms with van der Waals surface area (Å²) < 4.78 is 2.26. The molecule has 4 heterocycles. The molecule has 1 aliphatic rings. The molecule has 5 rings (SSSR count). The lowest BCUT2D eigenvalue weighted by molar-refractivity contribution is 0.588. The molecule has 0 aliphatic carbocycles. The number of benzene rings is 1. The first-order valence-electron chi connectivity index (χ1n) is 11.3. The number of hydrogen-bond donors (Lipinski definition) is 1. The third-order valence-electron chi connectivity index (χ3n) is 6.19. The predicted molar refractivity (Wildman–Crippen MR) is 135 cm³/mol. The van der Waals surface area contributed by atoms with E-state index in [1.165, 1.54) is 16.8 Å². The molecule has 0 amide bonds. The van der Waals surface area contributed by atoms with E-state index in [1.54, 1.807) is 11.3 Å². The number of nitrogens with one attached hydrogen (secondary N) is 1. The van der Waals surface area contributed by atoms with Crippen molar-refractivity contribution in [3.63, 3.8) is 0 Å². The van der Waals surface area contributed by atoms with Crippen LogP contribution < -0.4 is 15.1 Å². The van der Waals surface area contributed by atoms with E-state index < -0.39 is 0 Å². The van der Waals surface area contributed by atoms with Crippen molar-refractivity contribution in [3.8, 4) is 11.3 Å². The summed E-state index contributed by atoms with van der Waals surface area (Å²) in [5, 5.41) is 6.56. The molecular weight excluding hydrogens is 416 g/mol. The minimum absolute atomic E-state index is 0.875. The monoisotopic (exact) mass is 446 g/mol. The largest absolute Gasteiger partial charge is 0.368 e. The van der Waals surface area contributed by atoms with Crippen LogP contribution in [-0.4, -0.2) is 47.6 Å². The molecule has 1 N–H and O–H groups in total. The van der Waals surface area contributed by atoms with E-state index in [4.69, 9.17) is 9.97 Å². The number of anilines is 3. The van der Waals surface area contributed by atoms with Crippen molar-refractivity contribution in [1.29, 1.82) is 0 Å². The van der Waals surface area contributed by atoms with Gasteiger partial charge in [-0.05, 0) is 31.9 Å². The summed E-state index contributed by atoms with van der Waals surface area (Å²) in [6.45, 7) is 10.5. The zero-order chi connectivity index (χ0) is 22.2. The van der Waals surface area contributed by atoms with Gasteiger partial charge in [-0.15, -0.1) is 11.3 Å². The second-order valence-electron chi connectivity index (χ2n) is 8.49. The zero-order valence-corrected chi connectivity index (χ0v) is 20.0. The van der Waals surface area contributed by atoms with E-state index in [9.17, 15) is 0 Å². The Morgan fingerprint density at radius 3 is 2.56 bits per heavy atom. The van der Waals surface area contributed by atoms with E-state index in [-0.39, 0.29) is 0 Å². The Bertz CT molecular complexity index is 1230. The predicted octanol–water partition coefficient (Wildman–Crippen LogP) is 4.81. The van der Waals surface area contributed by atoms with Gasteiger partial charge in [-0.1, -0.05) is 36.8 Å². The molecular formula is C25H30N6S. The van der Waals surface area contributed by atoms with E-state index in [1.807, 2.05) is 0 Å². The Morgan fingerprint density at radius 1 is 1.09 bits per heavy atom. The van der Waals surface area contributed by atoms with Gasteiger partial charge >= 0.3 is 0 Å². The summed E-state index contributed by atoms with van der Waals surface area (Å²) in [4.78, 5) is 14.6. The second-order valence-corrected chi connectivity index (χ2v) is 9.32. The van der Waals surface area contributed by atoms with Crippen LogP contribution in [0.5, 0.6) is 0 Å². The lowest BCUT2D eigenvalue weighted by atomic mass is 10.1. The summed E-state index contributed by atoms with van der Waals surface area (Å²) in [6, 6.07) is 10.8. The molecule has 0 bridgehead atoms. The maximum Gasteiger partial charge on any atom is 0.191 e. The normalized spacial score (nSPS) is 14.3. The van der Waals surface area contributed by atoms with Gasteiger partial charge in [-0.25, -0.2) is 9.97 Å². The maximum absolute atomic E-state index is 5.01. The van der Waals surface area contributed by atoms with E-state index in [0.717, 1.165) is 66.1 Å². The molecule has 0 saturated carbocycles. The van der Waals surface area contributed by atoms with E-state index in [2.05, 4.69) is 89.2 Å². The number of aromatic nitrogens is 3. The van der Waals surface area contributed by atoms with Gasteiger partial charge in [0.2, 0.25) is 0 Å². The molecule has 6 nitrogen and oxygen atoms in total. The number of rotatable bonds is 5. The van der Waals surface area contributed by atoms with Gasteiger partial charge in [0.05, 0.1) is 17.1 Å².